The number of hydrogen-bond acceptors (Lipinski definition) is 4. The summed E-state index contributed by atoms with van der Waals surface area (Å²) in [6.45, 7) is 7.73. The van der Waals surface area contributed by atoms with Crippen LogP contribution >= 0.6 is 0 Å². The lowest BCUT2D eigenvalue weighted by atomic mass is 9.90. The lowest BCUT2D eigenvalue weighted by Gasteiger charge is -2.26. The highest BCUT2D eigenvalue weighted by Gasteiger charge is 2.47. The molecule has 180 valence electrons. The smallest absolute Gasteiger partial charge is 0.300 e. The number of nitrogens with zero attached hydrogens (tertiary/aromatic N) is 1. The molecule has 0 spiro atoms. The standard InChI is InChI=1S/C29H28FNO4/c1-16(2)22-15-23(18(4)13-24(22)35-5)27(32)25-26(19-9-6-8-17(3)12-19)31(29(34)28(25)33)21-11-7-10-20(30)14-21/h6-16,26,32H,1-5H3/b27-25+. The molecule has 1 unspecified atom stereocenters. The van der Waals surface area contributed by atoms with Crippen molar-refractivity contribution in [1.29, 1.82) is 0 Å². The maximum absolute atomic E-state index is 14.1. The molecule has 1 atom stereocenters. The molecule has 1 aliphatic rings. The second-order valence-corrected chi connectivity index (χ2v) is 9.13. The summed E-state index contributed by atoms with van der Waals surface area (Å²) in [4.78, 5) is 27.9. The Morgan fingerprint density at radius 3 is 2.37 bits per heavy atom. The number of benzene rings is 3. The minimum Gasteiger partial charge on any atom is -0.507 e. The van der Waals surface area contributed by atoms with Gasteiger partial charge in [-0.2, -0.15) is 0 Å². The van der Waals surface area contributed by atoms with Crippen LogP contribution in [0.3, 0.4) is 0 Å². The van der Waals surface area contributed by atoms with Gasteiger partial charge < -0.3 is 9.84 Å². The van der Waals surface area contributed by atoms with E-state index in [1.807, 2.05) is 52.0 Å². The van der Waals surface area contributed by atoms with Gasteiger partial charge in [0, 0.05) is 11.3 Å². The number of hydrogen-bond donors (Lipinski definition) is 1. The van der Waals surface area contributed by atoms with Crippen LogP contribution in [-0.2, 0) is 9.59 Å². The summed E-state index contributed by atoms with van der Waals surface area (Å²) in [5.74, 6) is -1.65. The molecule has 0 bridgehead atoms. The molecule has 1 heterocycles. The van der Waals surface area contributed by atoms with Crippen LogP contribution in [0, 0.1) is 19.7 Å². The number of carbonyl (C=O) groups is 2. The first-order chi connectivity index (χ1) is 16.6. The molecule has 5 nitrogen and oxygen atoms in total. The van der Waals surface area contributed by atoms with Gasteiger partial charge in [-0.15, -0.1) is 0 Å². The zero-order chi connectivity index (χ0) is 25.4. The Morgan fingerprint density at radius 2 is 1.74 bits per heavy atom. The predicted molar refractivity (Wildman–Crippen MR) is 134 cm³/mol. The highest BCUT2D eigenvalue weighted by Crippen LogP contribution is 2.43. The number of carbonyl (C=O) groups excluding carboxylic acids is 2. The van der Waals surface area contributed by atoms with Crippen LogP contribution < -0.4 is 9.64 Å². The van der Waals surface area contributed by atoms with E-state index in [9.17, 15) is 19.1 Å². The number of anilines is 1. The number of aryl methyl sites for hydroxylation is 2. The molecule has 1 amide bonds. The first-order valence-corrected chi connectivity index (χ1v) is 11.5. The zero-order valence-corrected chi connectivity index (χ0v) is 20.4. The van der Waals surface area contributed by atoms with E-state index in [4.69, 9.17) is 4.74 Å². The van der Waals surface area contributed by atoms with E-state index < -0.39 is 23.5 Å². The molecule has 0 aliphatic carbocycles. The fourth-order valence-corrected chi connectivity index (χ4v) is 4.61. The third-order valence-electron chi connectivity index (χ3n) is 6.34. The second kappa shape index (κ2) is 9.37. The van der Waals surface area contributed by atoms with Crippen molar-refractivity contribution in [3.05, 3.63) is 99.9 Å². The van der Waals surface area contributed by atoms with E-state index in [-0.39, 0.29) is 22.9 Å². The summed E-state index contributed by atoms with van der Waals surface area (Å²) in [5, 5.41) is 11.5. The minimum atomic E-state index is -0.916. The SMILES string of the molecule is COc1cc(C)c(/C(O)=C2\C(=O)C(=O)N(c3cccc(F)c3)C2c2cccc(C)c2)cc1C(C)C. The quantitative estimate of drug-likeness (QED) is 0.272. The monoisotopic (exact) mass is 473 g/mol. The second-order valence-electron chi connectivity index (χ2n) is 9.13. The van der Waals surface area contributed by atoms with Crippen LogP contribution in [-0.4, -0.2) is 23.9 Å². The van der Waals surface area contributed by atoms with Gasteiger partial charge in [0.25, 0.3) is 11.7 Å². The van der Waals surface area contributed by atoms with Crippen molar-refractivity contribution < 1.29 is 23.8 Å². The van der Waals surface area contributed by atoms with E-state index in [1.54, 1.807) is 25.3 Å². The van der Waals surface area contributed by atoms with Crippen LogP contribution in [0.1, 0.15) is 53.6 Å². The summed E-state index contributed by atoms with van der Waals surface area (Å²) >= 11 is 0. The number of amides is 1. The minimum absolute atomic E-state index is 0.0344. The normalized spacial score (nSPS) is 17.3. The Kier molecular flexibility index (Phi) is 6.48. The van der Waals surface area contributed by atoms with Crippen molar-refractivity contribution in [2.45, 2.75) is 39.7 Å². The van der Waals surface area contributed by atoms with Crippen LogP contribution in [0.5, 0.6) is 5.75 Å². The molecular formula is C29H28FNO4. The number of rotatable bonds is 5. The van der Waals surface area contributed by atoms with Crippen LogP contribution in [0.25, 0.3) is 5.76 Å². The number of aliphatic hydroxyl groups is 1. The largest absolute Gasteiger partial charge is 0.507 e. The third-order valence-corrected chi connectivity index (χ3v) is 6.34. The number of methoxy groups -OCH3 is 1. The van der Waals surface area contributed by atoms with Gasteiger partial charge in [-0.1, -0.05) is 49.7 Å². The Morgan fingerprint density at radius 1 is 1.03 bits per heavy atom. The van der Waals surface area contributed by atoms with Crippen molar-refractivity contribution >= 4 is 23.1 Å². The maximum atomic E-state index is 14.1. The molecule has 1 N–H and O–H groups in total. The molecule has 35 heavy (non-hydrogen) atoms. The highest BCUT2D eigenvalue weighted by atomic mass is 19.1. The Hall–Kier alpha value is -3.93. The zero-order valence-electron chi connectivity index (χ0n) is 20.4. The number of aliphatic hydroxyl groups excluding tert-OH is 1. The molecule has 1 saturated heterocycles. The van der Waals surface area contributed by atoms with Gasteiger partial charge in [0.1, 0.15) is 17.3 Å². The van der Waals surface area contributed by atoms with Gasteiger partial charge >= 0.3 is 0 Å². The number of ketones is 1. The number of halogens is 1. The van der Waals surface area contributed by atoms with E-state index in [2.05, 4.69) is 0 Å². The van der Waals surface area contributed by atoms with Gasteiger partial charge in [0.05, 0.1) is 18.7 Å². The molecule has 1 aliphatic heterocycles. The topological polar surface area (TPSA) is 66.8 Å². The summed E-state index contributed by atoms with van der Waals surface area (Å²) < 4.78 is 19.6. The molecule has 6 heteroatoms. The van der Waals surface area contributed by atoms with Crippen LogP contribution in [0.4, 0.5) is 10.1 Å². The van der Waals surface area contributed by atoms with Gasteiger partial charge in [-0.25, -0.2) is 4.39 Å². The average Bonchev–Trinajstić information content (AvgIpc) is 3.08. The molecular weight excluding hydrogens is 445 g/mol. The maximum Gasteiger partial charge on any atom is 0.300 e. The summed E-state index contributed by atoms with van der Waals surface area (Å²) in [7, 11) is 1.59. The van der Waals surface area contributed by atoms with Gasteiger partial charge in [0.15, 0.2) is 0 Å². The van der Waals surface area contributed by atoms with E-state index in [0.717, 1.165) is 11.1 Å². The molecule has 0 saturated carbocycles. The molecule has 4 rings (SSSR count). The molecule has 0 aromatic heterocycles. The van der Waals surface area contributed by atoms with Crippen LogP contribution in [0.2, 0.25) is 0 Å². The van der Waals surface area contributed by atoms with Gasteiger partial charge in [0.2, 0.25) is 0 Å². The first-order valence-electron chi connectivity index (χ1n) is 11.5. The van der Waals surface area contributed by atoms with Crippen molar-refractivity contribution in [2.75, 3.05) is 12.0 Å². The molecule has 0 radical (unpaired) electrons. The van der Waals surface area contributed by atoms with Crippen molar-refractivity contribution in [2.24, 2.45) is 0 Å². The summed E-state index contributed by atoms with van der Waals surface area (Å²) in [6.07, 6.45) is 0. The molecule has 1 fully saturated rings. The fourth-order valence-electron chi connectivity index (χ4n) is 4.61. The lowest BCUT2D eigenvalue weighted by Crippen LogP contribution is -2.29. The number of ether oxygens (including phenoxy) is 1. The summed E-state index contributed by atoms with van der Waals surface area (Å²) in [6, 6.07) is 15.6. The molecule has 3 aromatic rings. The van der Waals surface area contributed by atoms with E-state index >= 15 is 0 Å². The lowest BCUT2D eigenvalue weighted by molar-refractivity contribution is -0.132. The Labute approximate surface area is 204 Å². The third kappa shape index (κ3) is 4.32. The highest BCUT2D eigenvalue weighted by molar-refractivity contribution is 6.51. The van der Waals surface area contributed by atoms with Crippen LogP contribution in [0.15, 0.2) is 66.2 Å². The Bertz CT molecular complexity index is 1360. The van der Waals surface area contributed by atoms with Crippen molar-refractivity contribution in [3.63, 3.8) is 0 Å². The summed E-state index contributed by atoms with van der Waals surface area (Å²) in [5.41, 5.74) is 3.79. The average molecular weight is 474 g/mol. The number of Topliss-reactive ketones (excluding diaryl/α,β-unsaturated/α-hetero) is 1. The first kappa shape index (κ1) is 24.2. The molecule has 3 aromatic carbocycles. The van der Waals surface area contributed by atoms with E-state index in [0.29, 0.717) is 22.4 Å². The van der Waals surface area contributed by atoms with Crippen molar-refractivity contribution in [3.8, 4) is 5.75 Å². The van der Waals surface area contributed by atoms with Gasteiger partial charge in [-0.05, 0) is 66.8 Å². The Balaban J connectivity index is 2.00. The fraction of sp³-hybridized carbons (Fsp3) is 0.241. The predicted octanol–water partition coefficient (Wildman–Crippen LogP) is 6.20. The van der Waals surface area contributed by atoms with Gasteiger partial charge in [-0.3, -0.25) is 14.5 Å². The van der Waals surface area contributed by atoms with E-state index in [1.165, 1.54) is 23.1 Å². The van der Waals surface area contributed by atoms with Crippen molar-refractivity contribution in [1.82, 2.24) is 0 Å².